The van der Waals surface area contributed by atoms with Crippen LogP contribution in [0.4, 0.5) is 0 Å². The van der Waals surface area contributed by atoms with Gasteiger partial charge in [0.2, 0.25) is 0 Å². The van der Waals surface area contributed by atoms with Crippen LogP contribution in [0.1, 0.15) is 18.5 Å². The van der Waals surface area contributed by atoms with Crippen LogP contribution in [0.25, 0.3) is 10.7 Å². The molecule has 0 spiro atoms. The Hall–Kier alpha value is -1.43. The average molecular weight is 362 g/mol. The third-order valence-electron chi connectivity index (χ3n) is 3.40. The molecule has 1 aromatic carbocycles. The van der Waals surface area contributed by atoms with Gasteiger partial charge in [-0.3, -0.25) is 0 Å². The zero-order valence-electron chi connectivity index (χ0n) is 11.6. The third kappa shape index (κ3) is 2.95. The van der Waals surface area contributed by atoms with Crippen molar-refractivity contribution in [3.05, 3.63) is 64.2 Å². The Morgan fingerprint density at radius 1 is 1.29 bits per heavy atom. The highest BCUT2D eigenvalue weighted by Gasteiger charge is 2.22. The molecule has 0 aliphatic rings. The zero-order valence-corrected chi connectivity index (χ0v) is 14.0. The first-order chi connectivity index (χ1) is 10.2. The molecule has 0 amide bonds. The van der Waals surface area contributed by atoms with Gasteiger partial charge in [0.05, 0.1) is 10.9 Å². The molecule has 0 aliphatic heterocycles. The number of hydrogen-bond donors (Lipinski definition) is 1. The number of halogens is 1. The Kier molecular flexibility index (Phi) is 4.24. The molecule has 2 heterocycles. The molecule has 0 radical (unpaired) electrons. The lowest BCUT2D eigenvalue weighted by Gasteiger charge is -2.25. The average Bonchev–Trinajstić information content (AvgIpc) is 3.08. The van der Waals surface area contributed by atoms with Crippen LogP contribution in [0.3, 0.4) is 0 Å². The summed E-state index contributed by atoms with van der Waals surface area (Å²) in [6, 6.07) is 12.5. The quantitative estimate of drug-likeness (QED) is 0.752. The van der Waals surface area contributed by atoms with Crippen LogP contribution in [0.15, 0.2) is 58.6 Å². The number of thiophene rings is 1. The van der Waals surface area contributed by atoms with E-state index in [1.807, 2.05) is 37.5 Å². The second-order valence-corrected chi connectivity index (χ2v) is 6.86. The van der Waals surface area contributed by atoms with E-state index in [1.165, 1.54) is 5.56 Å². The van der Waals surface area contributed by atoms with E-state index in [4.69, 9.17) is 5.73 Å². The lowest BCUT2D eigenvalue weighted by molar-refractivity contribution is 0.500. The van der Waals surface area contributed by atoms with Crippen LogP contribution < -0.4 is 5.73 Å². The van der Waals surface area contributed by atoms with E-state index in [0.29, 0.717) is 0 Å². The smallest absolute Gasteiger partial charge is 0.150 e. The minimum Gasteiger partial charge on any atom is -0.326 e. The van der Waals surface area contributed by atoms with Gasteiger partial charge in [-0.25, -0.2) is 4.98 Å². The predicted molar refractivity (Wildman–Crippen MR) is 91.5 cm³/mol. The van der Waals surface area contributed by atoms with Crippen LogP contribution in [-0.2, 0) is 0 Å². The Morgan fingerprint density at radius 3 is 2.81 bits per heavy atom. The highest BCUT2D eigenvalue weighted by molar-refractivity contribution is 9.10. The first-order valence-electron chi connectivity index (χ1n) is 6.74. The topological polar surface area (TPSA) is 43.8 Å². The molecule has 5 heteroatoms. The third-order valence-corrected chi connectivity index (χ3v) is 4.76. The van der Waals surface area contributed by atoms with Crippen molar-refractivity contribution in [1.82, 2.24) is 9.55 Å². The van der Waals surface area contributed by atoms with Gasteiger partial charge in [-0.1, -0.05) is 34.1 Å². The Morgan fingerprint density at radius 2 is 2.14 bits per heavy atom. The lowest BCUT2D eigenvalue weighted by Crippen LogP contribution is -2.30. The molecule has 108 valence electrons. The maximum absolute atomic E-state index is 6.27. The summed E-state index contributed by atoms with van der Waals surface area (Å²) in [5.74, 6) is 0.965. The summed E-state index contributed by atoms with van der Waals surface area (Å²) >= 11 is 5.23. The van der Waals surface area contributed by atoms with E-state index in [-0.39, 0.29) is 12.1 Å². The monoisotopic (exact) mass is 361 g/mol. The predicted octanol–water partition coefficient (Wildman–Crippen LogP) is 4.31. The highest BCUT2D eigenvalue weighted by Crippen LogP contribution is 2.30. The summed E-state index contributed by atoms with van der Waals surface area (Å²) in [6.07, 6.45) is 3.84. The normalized spacial score (nSPS) is 14.0. The summed E-state index contributed by atoms with van der Waals surface area (Å²) in [5, 5.41) is 2.06. The first-order valence-corrected chi connectivity index (χ1v) is 8.42. The summed E-state index contributed by atoms with van der Waals surface area (Å²) in [4.78, 5) is 5.67. The van der Waals surface area contributed by atoms with Gasteiger partial charge in [0, 0.05) is 22.9 Å². The van der Waals surface area contributed by atoms with Crippen LogP contribution >= 0.6 is 27.3 Å². The molecule has 2 atom stereocenters. The maximum Gasteiger partial charge on any atom is 0.150 e. The molecule has 0 saturated carbocycles. The first kappa shape index (κ1) is 14.5. The Labute approximate surface area is 136 Å². The van der Waals surface area contributed by atoms with Crippen molar-refractivity contribution in [1.29, 1.82) is 0 Å². The van der Waals surface area contributed by atoms with Gasteiger partial charge in [-0.2, -0.15) is 0 Å². The number of hydrogen-bond acceptors (Lipinski definition) is 3. The molecule has 21 heavy (non-hydrogen) atoms. The molecule has 2 unspecified atom stereocenters. The van der Waals surface area contributed by atoms with Gasteiger partial charge in [0.25, 0.3) is 0 Å². The van der Waals surface area contributed by atoms with E-state index in [2.05, 4.69) is 49.1 Å². The van der Waals surface area contributed by atoms with Crippen LogP contribution in [-0.4, -0.2) is 15.6 Å². The van der Waals surface area contributed by atoms with Gasteiger partial charge in [-0.15, -0.1) is 11.3 Å². The molecule has 3 nitrogen and oxygen atoms in total. The van der Waals surface area contributed by atoms with Gasteiger partial charge < -0.3 is 10.3 Å². The molecule has 0 aliphatic carbocycles. The number of aromatic nitrogens is 2. The molecule has 0 fully saturated rings. The Bertz CT molecular complexity index is 719. The highest BCUT2D eigenvalue weighted by atomic mass is 79.9. The molecule has 3 aromatic rings. The second kappa shape index (κ2) is 6.13. The fourth-order valence-electron chi connectivity index (χ4n) is 2.54. The minimum atomic E-state index is -0.0211. The minimum absolute atomic E-state index is 0.0211. The number of imidazole rings is 1. The van der Waals surface area contributed by atoms with E-state index >= 15 is 0 Å². The van der Waals surface area contributed by atoms with Crippen molar-refractivity contribution in [3.8, 4) is 10.7 Å². The van der Waals surface area contributed by atoms with Crippen LogP contribution in [0.2, 0.25) is 0 Å². The molecular weight excluding hydrogens is 346 g/mol. The number of rotatable bonds is 4. The van der Waals surface area contributed by atoms with Crippen molar-refractivity contribution in [2.45, 2.75) is 19.0 Å². The van der Waals surface area contributed by atoms with Crippen LogP contribution in [0, 0.1) is 0 Å². The summed E-state index contributed by atoms with van der Waals surface area (Å²) in [5.41, 5.74) is 7.45. The summed E-state index contributed by atoms with van der Waals surface area (Å²) in [7, 11) is 0. The molecule has 0 bridgehead atoms. The molecular formula is C16H16BrN3S. The van der Waals surface area contributed by atoms with Gasteiger partial charge in [-0.05, 0) is 36.1 Å². The lowest BCUT2D eigenvalue weighted by atomic mass is 10.0. The van der Waals surface area contributed by atoms with Crippen molar-refractivity contribution in [2.24, 2.45) is 5.73 Å². The number of nitrogens with zero attached hydrogens (tertiary/aromatic N) is 2. The zero-order chi connectivity index (χ0) is 14.8. The number of nitrogens with two attached hydrogens (primary N) is 1. The fourth-order valence-corrected chi connectivity index (χ4v) is 3.68. The van der Waals surface area contributed by atoms with Gasteiger partial charge in [0.15, 0.2) is 5.82 Å². The van der Waals surface area contributed by atoms with Crippen molar-refractivity contribution >= 4 is 27.3 Å². The van der Waals surface area contributed by atoms with Crippen molar-refractivity contribution in [3.63, 3.8) is 0 Å². The Balaban J connectivity index is 2.09. The van der Waals surface area contributed by atoms with E-state index in [1.54, 1.807) is 11.3 Å². The standard InChI is InChI=1S/C16H16BrN3S/c1-11(18)15(12-4-2-5-13(17)10-12)20-8-7-19-16(20)14-6-3-9-21-14/h2-11,15H,18H2,1H3. The molecule has 3 rings (SSSR count). The largest absolute Gasteiger partial charge is 0.326 e. The summed E-state index contributed by atoms with van der Waals surface area (Å²) < 4.78 is 3.22. The van der Waals surface area contributed by atoms with E-state index in [0.717, 1.165) is 15.2 Å². The van der Waals surface area contributed by atoms with Crippen LogP contribution in [0.5, 0.6) is 0 Å². The SMILES string of the molecule is CC(N)C(c1cccc(Br)c1)n1ccnc1-c1cccs1. The summed E-state index contributed by atoms with van der Waals surface area (Å²) in [6.45, 7) is 2.03. The fraction of sp³-hybridized carbons (Fsp3) is 0.188. The van der Waals surface area contributed by atoms with Gasteiger partial charge in [0.1, 0.15) is 0 Å². The molecule has 2 aromatic heterocycles. The maximum atomic E-state index is 6.27. The van der Waals surface area contributed by atoms with E-state index < -0.39 is 0 Å². The van der Waals surface area contributed by atoms with Crippen molar-refractivity contribution < 1.29 is 0 Å². The second-order valence-electron chi connectivity index (χ2n) is 4.99. The van der Waals surface area contributed by atoms with Gasteiger partial charge >= 0.3 is 0 Å². The van der Waals surface area contributed by atoms with E-state index in [9.17, 15) is 0 Å². The number of benzene rings is 1. The van der Waals surface area contributed by atoms with Crippen molar-refractivity contribution in [2.75, 3.05) is 0 Å². The molecule has 0 saturated heterocycles. The molecule has 2 N–H and O–H groups in total.